The summed E-state index contributed by atoms with van der Waals surface area (Å²) in [6.45, 7) is 8.15. The summed E-state index contributed by atoms with van der Waals surface area (Å²) in [5.41, 5.74) is 0. The predicted octanol–water partition coefficient (Wildman–Crippen LogP) is 5.17. The van der Waals surface area contributed by atoms with Gasteiger partial charge >= 0.3 is 8.56 Å². The van der Waals surface area contributed by atoms with Crippen molar-refractivity contribution in [2.45, 2.75) is 44.8 Å². The van der Waals surface area contributed by atoms with E-state index < -0.39 is 8.56 Å². The third-order valence-corrected chi connectivity index (χ3v) is 8.42. The van der Waals surface area contributed by atoms with E-state index in [1.54, 1.807) is 0 Å². The van der Waals surface area contributed by atoms with Gasteiger partial charge in [0.25, 0.3) is 0 Å². The molecule has 29 heavy (non-hydrogen) atoms. The summed E-state index contributed by atoms with van der Waals surface area (Å²) in [4.78, 5) is 0.749. The van der Waals surface area contributed by atoms with E-state index in [9.17, 15) is 0 Å². The molecule has 0 unspecified atom stereocenters. The molecule has 0 atom stereocenters. The van der Waals surface area contributed by atoms with Gasteiger partial charge in [-0.2, -0.15) is 0 Å². The van der Waals surface area contributed by atoms with Gasteiger partial charge in [0.15, 0.2) is 0 Å². The molecule has 3 nitrogen and oxygen atoms in total. The van der Waals surface area contributed by atoms with E-state index in [0.717, 1.165) is 21.0 Å². The Labute approximate surface area is 180 Å². The molecule has 0 bridgehead atoms. The molecule has 3 rings (SSSR count). The van der Waals surface area contributed by atoms with Gasteiger partial charge in [-0.05, 0) is 51.1 Å². The summed E-state index contributed by atoms with van der Waals surface area (Å²) in [5.74, 6) is 1.43. The lowest BCUT2D eigenvalue weighted by Crippen LogP contribution is -2.65. The standard InChI is InChI=1S/C24H28O3SSi/c1-18(2)26-29(27-19(3)4,21-14-9-6-10-15-21)23-17-11-16-22(28)24(23)25-20-12-7-5-8-13-20/h5-19,28H,1-4H3. The molecular formula is C24H28O3SSi. The van der Waals surface area contributed by atoms with E-state index in [2.05, 4.69) is 12.1 Å². The molecule has 0 spiro atoms. The number of thiol groups is 1. The Morgan fingerprint density at radius 3 is 1.79 bits per heavy atom. The number of hydrogen-bond acceptors (Lipinski definition) is 4. The highest BCUT2D eigenvalue weighted by molar-refractivity contribution is 7.80. The maximum atomic E-state index is 6.66. The molecular weight excluding hydrogens is 396 g/mol. The smallest absolute Gasteiger partial charge is 0.411 e. The first-order chi connectivity index (χ1) is 13.9. The second-order valence-corrected chi connectivity index (χ2v) is 10.7. The van der Waals surface area contributed by atoms with Crippen LogP contribution < -0.4 is 15.1 Å². The van der Waals surface area contributed by atoms with Crippen molar-refractivity contribution < 1.29 is 13.6 Å². The van der Waals surface area contributed by atoms with Crippen molar-refractivity contribution in [3.8, 4) is 11.5 Å². The fraction of sp³-hybridized carbons (Fsp3) is 0.250. The molecule has 0 aliphatic rings. The summed E-state index contributed by atoms with van der Waals surface area (Å²) >= 11 is 4.71. The molecule has 0 fully saturated rings. The van der Waals surface area contributed by atoms with Crippen molar-refractivity contribution in [2.24, 2.45) is 0 Å². The van der Waals surface area contributed by atoms with Crippen LogP contribution in [0.25, 0.3) is 0 Å². The van der Waals surface area contributed by atoms with Crippen LogP contribution in [0.1, 0.15) is 27.7 Å². The summed E-state index contributed by atoms with van der Waals surface area (Å²) < 4.78 is 19.6. The Morgan fingerprint density at radius 2 is 1.24 bits per heavy atom. The van der Waals surface area contributed by atoms with Crippen molar-refractivity contribution in [3.63, 3.8) is 0 Å². The van der Waals surface area contributed by atoms with Crippen LogP contribution in [0.4, 0.5) is 0 Å². The number of rotatable bonds is 8. The van der Waals surface area contributed by atoms with E-state index in [1.807, 2.05) is 94.4 Å². The van der Waals surface area contributed by atoms with E-state index in [1.165, 1.54) is 0 Å². The average molecular weight is 425 g/mol. The Kier molecular flexibility index (Phi) is 7.19. The summed E-state index contributed by atoms with van der Waals surface area (Å²) in [6.07, 6.45) is -0.0393. The number of para-hydroxylation sites is 2. The highest BCUT2D eigenvalue weighted by Crippen LogP contribution is 2.30. The predicted molar refractivity (Wildman–Crippen MR) is 124 cm³/mol. The van der Waals surface area contributed by atoms with Crippen LogP contribution in [0.5, 0.6) is 11.5 Å². The minimum atomic E-state index is -3.08. The molecule has 152 valence electrons. The van der Waals surface area contributed by atoms with Crippen LogP contribution in [0.15, 0.2) is 83.8 Å². The fourth-order valence-corrected chi connectivity index (χ4v) is 7.27. The zero-order chi connectivity index (χ0) is 20.9. The third kappa shape index (κ3) is 5.11. The minimum absolute atomic E-state index is 0.0197. The monoisotopic (exact) mass is 424 g/mol. The van der Waals surface area contributed by atoms with Crippen LogP contribution in [-0.2, 0) is 8.85 Å². The normalized spacial score (nSPS) is 11.8. The average Bonchev–Trinajstić information content (AvgIpc) is 2.69. The SMILES string of the molecule is CC(C)O[Si](OC(C)C)(c1ccccc1)c1cccc(S)c1Oc1ccccc1. The van der Waals surface area contributed by atoms with Gasteiger partial charge in [0.1, 0.15) is 11.5 Å². The number of ether oxygens (including phenoxy) is 1. The van der Waals surface area contributed by atoms with E-state index in [0.29, 0.717) is 5.75 Å². The van der Waals surface area contributed by atoms with Gasteiger partial charge in [-0.25, -0.2) is 0 Å². The number of hydrogen-bond donors (Lipinski definition) is 1. The topological polar surface area (TPSA) is 27.7 Å². The van der Waals surface area contributed by atoms with Crippen LogP contribution in [0, 0.1) is 0 Å². The zero-order valence-electron chi connectivity index (χ0n) is 17.3. The highest BCUT2D eigenvalue weighted by Gasteiger charge is 2.47. The molecule has 0 aliphatic carbocycles. The first-order valence-corrected chi connectivity index (χ1v) is 12.2. The Bertz CT molecular complexity index is 904. The first-order valence-electron chi connectivity index (χ1n) is 9.89. The van der Waals surface area contributed by atoms with Crippen LogP contribution >= 0.6 is 12.6 Å². The molecule has 0 saturated carbocycles. The Hall–Kier alpha value is -2.05. The van der Waals surface area contributed by atoms with Gasteiger partial charge in [0.2, 0.25) is 0 Å². The molecule has 0 aliphatic heterocycles. The van der Waals surface area contributed by atoms with Crippen molar-refractivity contribution in [1.82, 2.24) is 0 Å². The fourth-order valence-electron chi connectivity index (χ4n) is 3.27. The molecule has 0 N–H and O–H groups in total. The lowest BCUT2D eigenvalue weighted by atomic mass is 10.3. The zero-order valence-corrected chi connectivity index (χ0v) is 19.2. The third-order valence-electron chi connectivity index (χ3n) is 4.27. The summed E-state index contributed by atoms with van der Waals surface area (Å²) in [5, 5.41) is 1.96. The Balaban J connectivity index is 2.24. The molecule has 0 heterocycles. The molecule has 3 aromatic rings. The quantitative estimate of drug-likeness (QED) is 0.399. The lowest BCUT2D eigenvalue weighted by Gasteiger charge is -2.36. The van der Waals surface area contributed by atoms with Crippen molar-refractivity contribution in [3.05, 3.63) is 78.9 Å². The molecule has 0 amide bonds. The summed E-state index contributed by atoms with van der Waals surface area (Å²) in [6, 6.07) is 25.9. The maximum absolute atomic E-state index is 6.66. The van der Waals surface area contributed by atoms with Gasteiger partial charge in [0.05, 0.1) is 0 Å². The molecule has 3 aromatic carbocycles. The van der Waals surface area contributed by atoms with Crippen molar-refractivity contribution in [1.29, 1.82) is 0 Å². The largest absolute Gasteiger partial charge is 0.456 e. The van der Waals surface area contributed by atoms with Crippen molar-refractivity contribution in [2.75, 3.05) is 0 Å². The van der Waals surface area contributed by atoms with E-state index in [-0.39, 0.29) is 12.2 Å². The molecule has 0 aromatic heterocycles. The Morgan fingerprint density at radius 1 is 0.690 bits per heavy atom. The second-order valence-electron chi connectivity index (χ2n) is 7.38. The van der Waals surface area contributed by atoms with Crippen LogP contribution in [-0.4, -0.2) is 20.8 Å². The van der Waals surface area contributed by atoms with Gasteiger partial charge < -0.3 is 13.6 Å². The summed E-state index contributed by atoms with van der Waals surface area (Å²) in [7, 11) is -3.08. The highest BCUT2D eigenvalue weighted by atomic mass is 32.1. The molecule has 0 saturated heterocycles. The lowest BCUT2D eigenvalue weighted by molar-refractivity contribution is 0.124. The van der Waals surface area contributed by atoms with Gasteiger partial charge in [0, 0.05) is 22.3 Å². The van der Waals surface area contributed by atoms with Crippen molar-refractivity contribution >= 4 is 31.6 Å². The van der Waals surface area contributed by atoms with Crippen LogP contribution in [0.2, 0.25) is 0 Å². The first kappa shape index (κ1) is 21.7. The van der Waals surface area contributed by atoms with Gasteiger partial charge in [-0.15, -0.1) is 12.6 Å². The van der Waals surface area contributed by atoms with E-state index >= 15 is 0 Å². The van der Waals surface area contributed by atoms with Gasteiger partial charge in [-0.1, -0.05) is 60.7 Å². The van der Waals surface area contributed by atoms with Gasteiger partial charge in [-0.3, -0.25) is 0 Å². The minimum Gasteiger partial charge on any atom is -0.456 e. The second kappa shape index (κ2) is 9.63. The van der Waals surface area contributed by atoms with Crippen LogP contribution in [0.3, 0.4) is 0 Å². The maximum Gasteiger partial charge on any atom is 0.411 e. The number of benzene rings is 3. The molecule has 5 heteroatoms. The molecule has 0 radical (unpaired) electrons. The van der Waals surface area contributed by atoms with E-state index in [4.69, 9.17) is 26.2 Å².